The smallest absolute Gasteiger partial charge is 0.251 e. The van der Waals surface area contributed by atoms with E-state index in [2.05, 4.69) is 30.5 Å². The van der Waals surface area contributed by atoms with Gasteiger partial charge in [-0.2, -0.15) is 0 Å². The summed E-state index contributed by atoms with van der Waals surface area (Å²) in [5.41, 5.74) is 13.0. The molecule has 1 aromatic heterocycles. The maximum Gasteiger partial charge on any atom is 0.251 e. The summed E-state index contributed by atoms with van der Waals surface area (Å²) in [5.74, 6) is -0.103. The average Bonchev–Trinajstić information content (AvgIpc) is 2.97. The van der Waals surface area contributed by atoms with Crippen LogP contribution >= 0.6 is 0 Å². The third-order valence-electron chi connectivity index (χ3n) is 5.62. The standard InChI is InChI=1S/C25H30N2O2/c1-4-5-10-22-24(21-9-7-6-8-17(21)2)23(25(26)29)18(3)27(22)16-15-19-11-13-20(28)14-12-19/h6-9,11-14,28H,4-5,10,15-16H2,1-3H3,(H2,26,29). The highest BCUT2D eigenvalue weighted by Gasteiger charge is 2.25. The highest BCUT2D eigenvalue weighted by molar-refractivity contribution is 6.02. The zero-order valence-corrected chi connectivity index (χ0v) is 17.5. The third-order valence-corrected chi connectivity index (χ3v) is 5.62. The van der Waals surface area contributed by atoms with Crippen molar-refractivity contribution >= 4 is 5.91 Å². The summed E-state index contributed by atoms with van der Waals surface area (Å²) < 4.78 is 2.27. The highest BCUT2D eigenvalue weighted by atomic mass is 16.3. The Kier molecular flexibility index (Phi) is 6.42. The number of phenolic OH excluding ortho intramolecular Hbond substituents is 1. The molecular formula is C25H30N2O2. The topological polar surface area (TPSA) is 68.2 Å². The van der Waals surface area contributed by atoms with Crippen LogP contribution in [0.15, 0.2) is 48.5 Å². The van der Waals surface area contributed by atoms with Crippen LogP contribution in [0.1, 0.15) is 52.6 Å². The van der Waals surface area contributed by atoms with Crippen LogP contribution in [0.4, 0.5) is 0 Å². The Bertz CT molecular complexity index is 1000. The lowest BCUT2D eigenvalue weighted by atomic mass is 9.94. The fourth-order valence-electron chi connectivity index (χ4n) is 4.05. The van der Waals surface area contributed by atoms with Crippen LogP contribution in [-0.2, 0) is 19.4 Å². The highest BCUT2D eigenvalue weighted by Crippen LogP contribution is 2.35. The Labute approximate surface area is 173 Å². The maximum absolute atomic E-state index is 12.5. The van der Waals surface area contributed by atoms with E-state index in [0.29, 0.717) is 5.56 Å². The van der Waals surface area contributed by atoms with Crippen LogP contribution in [0.5, 0.6) is 5.75 Å². The van der Waals surface area contributed by atoms with Crippen molar-refractivity contribution in [1.29, 1.82) is 0 Å². The number of unbranched alkanes of at least 4 members (excludes halogenated alkanes) is 1. The first-order valence-electron chi connectivity index (χ1n) is 10.3. The third kappa shape index (κ3) is 4.37. The number of carbonyl (C=O) groups excluding carboxylic acids is 1. The molecule has 152 valence electrons. The van der Waals surface area contributed by atoms with Gasteiger partial charge in [0.1, 0.15) is 5.75 Å². The summed E-state index contributed by atoms with van der Waals surface area (Å²) >= 11 is 0. The lowest BCUT2D eigenvalue weighted by molar-refractivity contribution is 0.1000. The number of amides is 1. The van der Waals surface area contributed by atoms with Crippen molar-refractivity contribution in [1.82, 2.24) is 4.57 Å². The summed E-state index contributed by atoms with van der Waals surface area (Å²) in [5, 5.41) is 9.52. The molecular weight excluding hydrogens is 360 g/mol. The van der Waals surface area contributed by atoms with Crippen molar-refractivity contribution in [2.45, 2.75) is 53.0 Å². The van der Waals surface area contributed by atoms with Crippen molar-refractivity contribution in [2.75, 3.05) is 0 Å². The van der Waals surface area contributed by atoms with E-state index in [1.54, 1.807) is 12.1 Å². The van der Waals surface area contributed by atoms with Gasteiger partial charge < -0.3 is 15.4 Å². The zero-order valence-electron chi connectivity index (χ0n) is 17.5. The number of phenols is 1. The first-order valence-corrected chi connectivity index (χ1v) is 10.3. The number of hydrogen-bond acceptors (Lipinski definition) is 2. The SMILES string of the molecule is CCCCc1c(-c2ccccc2C)c(C(N)=O)c(C)n1CCc1ccc(O)cc1. The number of aryl methyl sites for hydroxylation is 2. The van der Waals surface area contributed by atoms with Gasteiger partial charge in [0.05, 0.1) is 5.56 Å². The molecule has 2 aromatic carbocycles. The Morgan fingerprint density at radius 2 is 1.72 bits per heavy atom. The lowest BCUT2D eigenvalue weighted by Gasteiger charge is -2.14. The molecule has 29 heavy (non-hydrogen) atoms. The molecule has 3 aromatic rings. The van der Waals surface area contributed by atoms with E-state index in [9.17, 15) is 9.90 Å². The summed E-state index contributed by atoms with van der Waals surface area (Å²) in [6.45, 7) is 7.02. The number of hydrogen-bond donors (Lipinski definition) is 2. The fraction of sp³-hybridized carbons (Fsp3) is 0.320. The molecule has 0 saturated carbocycles. The van der Waals surface area contributed by atoms with Gasteiger partial charge in [-0.15, -0.1) is 0 Å². The summed E-state index contributed by atoms with van der Waals surface area (Å²) in [6.07, 6.45) is 3.87. The van der Waals surface area contributed by atoms with Crippen molar-refractivity contribution < 1.29 is 9.90 Å². The molecule has 0 atom stereocenters. The van der Waals surface area contributed by atoms with Crippen LogP contribution in [0.2, 0.25) is 0 Å². The molecule has 0 aliphatic carbocycles. The molecule has 0 unspecified atom stereocenters. The van der Waals surface area contributed by atoms with Crippen LogP contribution in [0, 0.1) is 13.8 Å². The normalized spacial score (nSPS) is 11.0. The first kappa shape index (κ1) is 20.7. The number of rotatable bonds is 8. The molecule has 3 rings (SSSR count). The van der Waals surface area contributed by atoms with Gasteiger partial charge in [0.2, 0.25) is 0 Å². The number of carbonyl (C=O) groups is 1. The number of aromatic nitrogens is 1. The van der Waals surface area contributed by atoms with E-state index in [4.69, 9.17) is 5.73 Å². The molecule has 0 radical (unpaired) electrons. The first-order chi connectivity index (χ1) is 13.9. The van der Waals surface area contributed by atoms with Gasteiger partial charge in [-0.3, -0.25) is 4.79 Å². The molecule has 1 heterocycles. The van der Waals surface area contributed by atoms with Gasteiger partial charge in [-0.1, -0.05) is 49.7 Å². The average molecular weight is 391 g/mol. The quantitative estimate of drug-likeness (QED) is 0.558. The van der Waals surface area contributed by atoms with Gasteiger partial charge in [0.25, 0.3) is 5.91 Å². The van der Waals surface area contributed by atoms with Gasteiger partial charge in [0, 0.05) is 23.5 Å². The van der Waals surface area contributed by atoms with Crippen molar-refractivity contribution in [3.05, 3.63) is 76.6 Å². The predicted molar refractivity (Wildman–Crippen MR) is 118 cm³/mol. The molecule has 0 aliphatic heterocycles. The number of aromatic hydroxyl groups is 1. The van der Waals surface area contributed by atoms with Gasteiger partial charge in [0.15, 0.2) is 0 Å². The molecule has 0 fully saturated rings. The number of primary amides is 1. The van der Waals surface area contributed by atoms with E-state index in [1.807, 2.05) is 31.2 Å². The summed E-state index contributed by atoms with van der Waals surface area (Å²) in [7, 11) is 0. The van der Waals surface area contributed by atoms with Gasteiger partial charge >= 0.3 is 0 Å². The number of benzene rings is 2. The van der Waals surface area contributed by atoms with E-state index in [0.717, 1.165) is 60.2 Å². The fourth-order valence-corrected chi connectivity index (χ4v) is 4.05. The predicted octanol–water partition coefficient (Wildman–Crippen LogP) is 5.16. The van der Waals surface area contributed by atoms with Crippen LogP contribution in [-0.4, -0.2) is 15.6 Å². The second-order valence-electron chi connectivity index (χ2n) is 7.63. The van der Waals surface area contributed by atoms with Crippen LogP contribution in [0.3, 0.4) is 0 Å². The Balaban J connectivity index is 2.11. The largest absolute Gasteiger partial charge is 0.508 e. The molecule has 0 saturated heterocycles. The molecule has 3 N–H and O–H groups in total. The minimum absolute atomic E-state index is 0.271. The summed E-state index contributed by atoms with van der Waals surface area (Å²) in [4.78, 5) is 12.5. The van der Waals surface area contributed by atoms with Crippen molar-refractivity contribution in [3.8, 4) is 16.9 Å². The van der Waals surface area contributed by atoms with Gasteiger partial charge in [-0.05, 0) is 61.9 Å². The molecule has 0 aliphatic rings. The molecule has 4 nitrogen and oxygen atoms in total. The van der Waals surface area contributed by atoms with Crippen molar-refractivity contribution in [3.63, 3.8) is 0 Å². The molecule has 0 bridgehead atoms. The second-order valence-corrected chi connectivity index (χ2v) is 7.63. The van der Waals surface area contributed by atoms with Crippen molar-refractivity contribution in [2.24, 2.45) is 5.73 Å². The monoisotopic (exact) mass is 390 g/mol. The zero-order chi connectivity index (χ0) is 21.0. The van der Waals surface area contributed by atoms with Crippen LogP contribution in [0.25, 0.3) is 11.1 Å². The summed E-state index contributed by atoms with van der Waals surface area (Å²) in [6, 6.07) is 15.5. The maximum atomic E-state index is 12.5. The van der Waals surface area contributed by atoms with Gasteiger partial charge in [-0.25, -0.2) is 0 Å². The Hall–Kier alpha value is -3.01. The Morgan fingerprint density at radius 1 is 1.03 bits per heavy atom. The van der Waals surface area contributed by atoms with E-state index in [-0.39, 0.29) is 11.7 Å². The van der Waals surface area contributed by atoms with E-state index in [1.165, 1.54) is 5.69 Å². The molecule has 4 heteroatoms. The minimum Gasteiger partial charge on any atom is -0.508 e. The lowest BCUT2D eigenvalue weighted by Crippen LogP contribution is -2.14. The van der Waals surface area contributed by atoms with E-state index >= 15 is 0 Å². The molecule has 0 spiro atoms. The minimum atomic E-state index is -0.373. The number of nitrogens with zero attached hydrogens (tertiary/aromatic N) is 1. The molecule has 1 amide bonds. The van der Waals surface area contributed by atoms with E-state index < -0.39 is 0 Å². The Morgan fingerprint density at radius 3 is 2.34 bits per heavy atom. The second kappa shape index (κ2) is 8.99. The number of nitrogens with two attached hydrogens (primary N) is 1. The van der Waals surface area contributed by atoms with Crippen LogP contribution < -0.4 is 5.73 Å².